The predicted octanol–water partition coefficient (Wildman–Crippen LogP) is 3.55. The predicted molar refractivity (Wildman–Crippen MR) is 86.9 cm³/mol. The van der Waals surface area contributed by atoms with Gasteiger partial charge in [0.15, 0.2) is 11.5 Å². The van der Waals surface area contributed by atoms with Crippen LogP contribution in [0.15, 0.2) is 16.6 Å². The maximum absolute atomic E-state index is 9.97. The summed E-state index contributed by atoms with van der Waals surface area (Å²) in [7, 11) is 0. The number of halogens is 1. The first kappa shape index (κ1) is 16.6. The quantitative estimate of drug-likeness (QED) is 0.845. The van der Waals surface area contributed by atoms with Crippen LogP contribution in [-0.4, -0.2) is 42.4 Å². The van der Waals surface area contributed by atoms with E-state index in [0.717, 1.165) is 38.2 Å². The molecule has 1 aliphatic heterocycles. The number of phenols is 1. The van der Waals surface area contributed by atoms with Crippen LogP contribution in [0.25, 0.3) is 0 Å². The Kier molecular flexibility index (Phi) is 6.33. The van der Waals surface area contributed by atoms with Gasteiger partial charge in [0.1, 0.15) is 0 Å². The summed E-state index contributed by atoms with van der Waals surface area (Å²) in [6.07, 6.45) is 2.66. The Hall–Kier alpha value is -0.780. The van der Waals surface area contributed by atoms with E-state index in [9.17, 15) is 5.11 Å². The van der Waals surface area contributed by atoms with E-state index in [0.29, 0.717) is 22.9 Å². The zero-order valence-corrected chi connectivity index (χ0v) is 14.4. The summed E-state index contributed by atoms with van der Waals surface area (Å²) in [5.74, 6) is 0.715. The van der Waals surface area contributed by atoms with Crippen LogP contribution in [0.2, 0.25) is 0 Å². The smallest absolute Gasteiger partial charge is 0.172 e. The summed E-state index contributed by atoms with van der Waals surface area (Å²) in [6.45, 7) is 8.18. The van der Waals surface area contributed by atoms with Crippen molar-refractivity contribution >= 4 is 15.9 Å². The molecular weight excluding hydrogens is 334 g/mol. The van der Waals surface area contributed by atoms with Gasteiger partial charge in [-0.15, -0.1) is 0 Å². The van der Waals surface area contributed by atoms with Gasteiger partial charge in [-0.25, -0.2) is 0 Å². The largest absolute Gasteiger partial charge is 0.503 e. The molecule has 2 rings (SSSR count). The lowest BCUT2D eigenvalue weighted by Gasteiger charge is -2.32. The Morgan fingerprint density at radius 3 is 2.86 bits per heavy atom. The van der Waals surface area contributed by atoms with Crippen LogP contribution in [0, 0.1) is 0 Å². The molecule has 1 N–H and O–H groups in total. The molecule has 4 nitrogen and oxygen atoms in total. The van der Waals surface area contributed by atoms with Crippen molar-refractivity contribution in [2.24, 2.45) is 0 Å². The topological polar surface area (TPSA) is 41.9 Å². The highest BCUT2D eigenvalue weighted by Crippen LogP contribution is 2.36. The molecule has 1 saturated heterocycles. The fraction of sp³-hybridized carbons (Fsp3) is 0.625. The van der Waals surface area contributed by atoms with E-state index in [4.69, 9.17) is 9.47 Å². The molecule has 1 heterocycles. The monoisotopic (exact) mass is 357 g/mol. The average Bonchev–Trinajstić information content (AvgIpc) is 2.45. The standard InChI is InChI=1S/C16H24BrNO3/c1-3-20-13-6-5-7-18(11-13)10-12-8-14(17)16(19)15(9-12)21-4-2/h8-9,13,19H,3-7,10-11H2,1-2H3. The maximum Gasteiger partial charge on any atom is 0.172 e. The Bertz CT molecular complexity index is 465. The van der Waals surface area contributed by atoms with Crippen LogP contribution < -0.4 is 4.74 Å². The van der Waals surface area contributed by atoms with E-state index >= 15 is 0 Å². The van der Waals surface area contributed by atoms with E-state index in [1.54, 1.807) is 0 Å². The molecule has 0 aromatic heterocycles. The number of likely N-dealkylation sites (tertiary alicyclic amines) is 1. The molecule has 0 bridgehead atoms. The van der Waals surface area contributed by atoms with Crippen LogP contribution in [0.3, 0.4) is 0 Å². The molecule has 21 heavy (non-hydrogen) atoms. The average molecular weight is 358 g/mol. The van der Waals surface area contributed by atoms with Gasteiger partial charge in [0.25, 0.3) is 0 Å². The van der Waals surface area contributed by atoms with Crippen LogP contribution in [0.1, 0.15) is 32.3 Å². The summed E-state index contributed by atoms with van der Waals surface area (Å²) in [6, 6.07) is 3.88. The van der Waals surface area contributed by atoms with Crippen molar-refractivity contribution in [2.45, 2.75) is 39.3 Å². The highest BCUT2D eigenvalue weighted by Gasteiger charge is 2.20. The molecule has 1 atom stereocenters. The number of rotatable bonds is 6. The van der Waals surface area contributed by atoms with Crippen molar-refractivity contribution in [1.29, 1.82) is 0 Å². The van der Waals surface area contributed by atoms with Gasteiger partial charge in [-0.2, -0.15) is 0 Å². The zero-order valence-electron chi connectivity index (χ0n) is 12.8. The lowest BCUT2D eigenvalue weighted by Crippen LogP contribution is -2.39. The Morgan fingerprint density at radius 1 is 1.33 bits per heavy atom. The van der Waals surface area contributed by atoms with Crippen LogP contribution >= 0.6 is 15.9 Å². The molecular formula is C16H24BrNO3. The second kappa shape index (κ2) is 8.01. The highest BCUT2D eigenvalue weighted by molar-refractivity contribution is 9.10. The third-order valence-corrected chi connectivity index (χ3v) is 4.26. The second-order valence-corrected chi connectivity index (χ2v) is 6.17. The third kappa shape index (κ3) is 4.59. The minimum atomic E-state index is 0.173. The van der Waals surface area contributed by atoms with Crippen molar-refractivity contribution in [2.75, 3.05) is 26.3 Å². The molecule has 1 unspecified atom stereocenters. The van der Waals surface area contributed by atoms with Crippen LogP contribution in [0.5, 0.6) is 11.5 Å². The SMILES string of the molecule is CCOc1cc(CN2CCCC(OCC)C2)cc(Br)c1O. The van der Waals surface area contributed by atoms with Gasteiger partial charge >= 0.3 is 0 Å². The van der Waals surface area contributed by atoms with Crippen LogP contribution in [-0.2, 0) is 11.3 Å². The summed E-state index contributed by atoms with van der Waals surface area (Å²) in [4.78, 5) is 2.40. The van der Waals surface area contributed by atoms with Crippen molar-refractivity contribution < 1.29 is 14.6 Å². The Balaban J connectivity index is 2.05. The first-order valence-electron chi connectivity index (χ1n) is 7.62. The van der Waals surface area contributed by atoms with Gasteiger partial charge in [0.2, 0.25) is 0 Å². The molecule has 118 valence electrons. The Labute approximate surface area is 135 Å². The Morgan fingerprint density at radius 2 is 2.14 bits per heavy atom. The zero-order chi connectivity index (χ0) is 15.2. The van der Waals surface area contributed by atoms with Crippen LogP contribution in [0.4, 0.5) is 0 Å². The van der Waals surface area contributed by atoms with Gasteiger partial charge in [-0.3, -0.25) is 4.90 Å². The minimum Gasteiger partial charge on any atom is -0.503 e. The van der Waals surface area contributed by atoms with Crippen molar-refractivity contribution in [3.63, 3.8) is 0 Å². The van der Waals surface area contributed by atoms with E-state index in [2.05, 4.69) is 20.8 Å². The van der Waals surface area contributed by atoms with Gasteiger partial charge in [0.05, 0.1) is 17.2 Å². The van der Waals surface area contributed by atoms with E-state index in [-0.39, 0.29) is 5.75 Å². The molecule has 1 aliphatic rings. The summed E-state index contributed by atoms with van der Waals surface area (Å²) >= 11 is 3.40. The lowest BCUT2D eigenvalue weighted by molar-refractivity contribution is 0.00361. The number of benzene rings is 1. The summed E-state index contributed by atoms with van der Waals surface area (Å²) in [5, 5.41) is 9.97. The first-order valence-corrected chi connectivity index (χ1v) is 8.41. The molecule has 0 amide bonds. The van der Waals surface area contributed by atoms with Crippen molar-refractivity contribution in [3.8, 4) is 11.5 Å². The van der Waals surface area contributed by atoms with Gasteiger partial charge < -0.3 is 14.6 Å². The normalized spacial score (nSPS) is 19.7. The number of phenolic OH excluding ortho intramolecular Hbond substituents is 1. The fourth-order valence-corrected chi connectivity index (χ4v) is 3.26. The first-order chi connectivity index (χ1) is 10.1. The molecule has 5 heteroatoms. The number of hydrogen-bond donors (Lipinski definition) is 1. The number of nitrogens with zero attached hydrogens (tertiary/aromatic N) is 1. The maximum atomic E-state index is 9.97. The molecule has 1 aromatic carbocycles. The third-order valence-electron chi connectivity index (χ3n) is 3.66. The number of ether oxygens (including phenoxy) is 2. The van der Waals surface area contributed by atoms with E-state index in [1.165, 1.54) is 6.42 Å². The van der Waals surface area contributed by atoms with Crippen molar-refractivity contribution in [3.05, 3.63) is 22.2 Å². The second-order valence-electron chi connectivity index (χ2n) is 5.31. The van der Waals surface area contributed by atoms with Gasteiger partial charge in [0, 0.05) is 19.7 Å². The van der Waals surface area contributed by atoms with E-state index < -0.39 is 0 Å². The highest BCUT2D eigenvalue weighted by atomic mass is 79.9. The molecule has 0 radical (unpaired) electrons. The van der Waals surface area contributed by atoms with Crippen molar-refractivity contribution in [1.82, 2.24) is 4.90 Å². The number of aromatic hydroxyl groups is 1. The summed E-state index contributed by atoms with van der Waals surface area (Å²) in [5.41, 5.74) is 1.14. The molecule has 1 fully saturated rings. The fourth-order valence-electron chi connectivity index (χ4n) is 2.77. The summed E-state index contributed by atoms with van der Waals surface area (Å²) < 4.78 is 11.9. The lowest BCUT2D eigenvalue weighted by atomic mass is 10.1. The van der Waals surface area contributed by atoms with E-state index in [1.807, 2.05) is 26.0 Å². The molecule has 0 spiro atoms. The van der Waals surface area contributed by atoms with Gasteiger partial charge in [-0.1, -0.05) is 0 Å². The van der Waals surface area contributed by atoms with Gasteiger partial charge in [-0.05, 0) is 66.9 Å². The molecule has 0 aliphatic carbocycles. The number of piperidine rings is 1. The number of hydrogen-bond acceptors (Lipinski definition) is 4. The molecule has 1 aromatic rings. The minimum absolute atomic E-state index is 0.173. The molecule has 0 saturated carbocycles.